The van der Waals surface area contributed by atoms with Gasteiger partial charge in [-0.15, -0.1) is 0 Å². The van der Waals surface area contributed by atoms with Crippen LogP contribution in [0, 0.1) is 0 Å². The molecular formula is C24H50O4Si2. The number of hydrogen-bond donors (Lipinski definition) is 1. The van der Waals surface area contributed by atoms with Gasteiger partial charge in [0.15, 0.2) is 0 Å². The SMILES string of the molecule is CC(C)[Si](OC[C@H]1OC=C[C@@H](O[Si](C(C)C)(C(C)C)C(C)C)[C@@H]1O)(C(C)C)C(C)C. The Labute approximate surface area is 189 Å². The van der Waals surface area contributed by atoms with Crippen molar-refractivity contribution in [3.8, 4) is 0 Å². The van der Waals surface area contributed by atoms with E-state index in [1.165, 1.54) is 0 Å². The molecule has 0 saturated heterocycles. The molecule has 6 heteroatoms. The second kappa shape index (κ2) is 11.1. The standard InChI is InChI=1S/C24H50O4Si2/c1-16(2)29(17(3)4,18(5)6)27-15-23-24(25)22(13-14-26-23)28-30(19(7)8,20(9)10)21(11)12/h13-14,16-25H,15H2,1-12H3/t22-,23-,24+/m1/s1. The van der Waals surface area contributed by atoms with Gasteiger partial charge in [0.25, 0.3) is 0 Å². The third kappa shape index (κ3) is 5.42. The van der Waals surface area contributed by atoms with Crippen molar-refractivity contribution in [1.29, 1.82) is 0 Å². The summed E-state index contributed by atoms with van der Waals surface area (Å²) < 4.78 is 19.4. The van der Waals surface area contributed by atoms with Crippen LogP contribution in [0.5, 0.6) is 0 Å². The van der Waals surface area contributed by atoms with E-state index in [4.69, 9.17) is 13.6 Å². The fourth-order valence-corrected chi connectivity index (χ4v) is 17.2. The number of hydrogen-bond acceptors (Lipinski definition) is 4. The molecule has 0 aromatic rings. The number of rotatable bonds is 11. The molecule has 0 amide bonds. The van der Waals surface area contributed by atoms with Crippen LogP contribution in [-0.2, 0) is 13.6 Å². The third-order valence-electron chi connectivity index (χ3n) is 7.49. The van der Waals surface area contributed by atoms with Crippen LogP contribution >= 0.6 is 0 Å². The van der Waals surface area contributed by atoms with E-state index >= 15 is 0 Å². The molecule has 0 aromatic carbocycles. The van der Waals surface area contributed by atoms with Crippen LogP contribution in [0.2, 0.25) is 33.2 Å². The van der Waals surface area contributed by atoms with Crippen LogP contribution in [0.1, 0.15) is 83.1 Å². The van der Waals surface area contributed by atoms with E-state index in [1.54, 1.807) is 6.26 Å². The molecule has 0 aliphatic carbocycles. The van der Waals surface area contributed by atoms with Gasteiger partial charge >= 0.3 is 0 Å². The van der Waals surface area contributed by atoms with Crippen LogP contribution in [0.25, 0.3) is 0 Å². The second-order valence-corrected chi connectivity index (χ2v) is 21.9. The van der Waals surface area contributed by atoms with Crippen molar-refractivity contribution in [2.45, 2.75) is 135 Å². The van der Waals surface area contributed by atoms with Crippen molar-refractivity contribution >= 4 is 16.6 Å². The first-order valence-electron chi connectivity index (χ1n) is 12.1. The summed E-state index contributed by atoms with van der Waals surface area (Å²) in [4.78, 5) is 0. The van der Waals surface area contributed by atoms with Crippen LogP contribution in [0.3, 0.4) is 0 Å². The van der Waals surface area contributed by atoms with Crippen LogP contribution in [0.15, 0.2) is 12.3 Å². The summed E-state index contributed by atoms with van der Waals surface area (Å²) >= 11 is 0. The van der Waals surface area contributed by atoms with Crippen LogP contribution in [0.4, 0.5) is 0 Å². The van der Waals surface area contributed by atoms with Gasteiger partial charge in [-0.25, -0.2) is 0 Å². The second-order valence-electron chi connectivity index (χ2n) is 11.0. The maximum atomic E-state index is 11.2. The zero-order chi connectivity index (χ0) is 23.4. The highest BCUT2D eigenvalue weighted by Crippen LogP contribution is 2.45. The Morgan fingerprint density at radius 1 is 0.733 bits per heavy atom. The molecule has 0 radical (unpaired) electrons. The highest BCUT2D eigenvalue weighted by atomic mass is 28.4. The topological polar surface area (TPSA) is 47.9 Å². The van der Waals surface area contributed by atoms with Crippen LogP contribution < -0.4 is 0 Å². The Bertz CT molecular complexity index is 500. The van der Waals surface area contributed by atoms with Gasteiger partial charge in [0.2, 0.25) is 16.6 Å². The zero-order valence-corrected chi connectivity index (χ0v) is 23.7. The molecule has 0 unspecified atom stereocenters. The lowest BCUT2D eigenvalue weighted by atomic mass is 10.1. The molecule has 178 valence electrons. The molecule has 1 aliphatic rings. The molecule has 4 nitrogen and oxygen atoms in total. The summed E-state index contributed by atoms with van der Waals surface area (Å²) in [5.74, 6) is 0. The normalized spacial score (nSPS) is 23.5. The average molecular weight is 459 g/mol. The highest BCUT2D eigenvalue weighted by Gasteiger charge is 2.50. The van der Waals surface area contributed by atoms with Crippen molar-refractivity contribution in [1.82, 2.24) is 0 Å². The molecular weight excluding hydrogens is 408 g/mol. The monoisotopic (exact) mass is 458 g/mol. The van der Waals surface area contributed by atoms with Gasteiger partial charge < -0.3 is 18.7 Å². The molecule has 0 bridgehead atoms. The van der Waals surface area contributed by atoms with E-state index in [-0.39, 0.29) is 12.2 Å². The molecule has 0 spiro atoms. The minimum absolute atomic E-state index is 0.334. The molecule has 1 rings (SSSR count). The number of aliphatic hydroxyl groups is 1. The number of ether oxygens (including phenoxy) is 1. The van der Waals surface area contributed by atoms with E-state index in [0.29, 0.717) is 39.9 Å². The fourth-order valence-electron chi connectivity index (χ4n) is 6.25. The van der Waals surface area contributed by atoms with Crippen molar-refractivity contribution in [3.05, 3.63) is 12.3 Å². The van der Waals surface area contributed by atoms with Crippen molar-refractivity contribution in [3.63, 3.8) is 0 Å². The first kappa shape index (κ1) is 27.9. The summed E-state index contributed by atoms with van der Waals surface area (Å²) in [6, 6.07) is 0. The Hall–Kier alpha value is -0.146. The van der Waals surface area contributed by atoms with Crippen molar-refractivity contribution in [2.75, 3.05) is 6.61 Å². The van der Waals surface area contributed by atoms with Gasteiger partial charge in [0, 0.05) is 0 Å². The lowest BCUT2D eigenvalue weighted by Gasteiger charge is -2.47. The zero-order valence-electron chi connectivity index (χ0n) is 21.7. The molecule has 0 saturated carbocycles. The first-order valence-corrected chi connectivity index (χ1v) is 16.3. The maximum Gasteiger partial charge on any atom is 0.201 e. The summed E-state index contributed by atoms with van der Waals surface area (Å²) in [5.41, 5.74) is 2.92. The van der Waals surface area contributed by atoms with E-state index in [0.717, 1.165) is 0 Å². The largest absolute Gasteiger partial charge is 0.493 e. The van der Waals surface area contributed by atoms with Crippen molar-refractivity contribution in [2.24, 2.45) is 0 Å². The van der Waals surface area contributed by atoms with E-state index in [9.17, 15) is 5.11 Å². The third-order valence-corrected chi connectivity index (χ3v) is 19.7. The lowest BCUT2D eigenvalue weighted by molar-refractivity contribution is -0.0761. The Kier molecular flexibility index (Phi) is 10.3. The summed E-state index contributed by atoms with van der Waals surface area (Å²) in [6.45, 7) is 27.8. The minimum atomic E-state index is -2.10. The predicted octanol–water partition coefficient (Wildman–Crippen LogP) is 7.01. The Morgan fingerprint density at radius 3 is 1.50 bits per heavy atom. The fraction of sp³-hybridized carbons (Fsp3) is 0.917. The average Bonchev–Trinajstić information content (AvgIpc) is 2.60. The van der Waals surface area contributed by atoms with E-state index in [2.05, 4.69) is 83.1 Å². The lowest BCUT2D eigenvalue weighted by Crippen LogP contribution is -2.56. The molecule has 3 atom stereocenters. The summed E-state index contributed by atoms with van der Waals surface area (Å²) in [5, 5.41) is 11.2. The maximum absolute atomic E-state index is 11.2. The van der Waals surface area contributed by atoms with Gasteiger partial charge in [0.1, 0.15) is 12.2 Å². The van der Waals surface area contributed by atoms with E-state index in [1.807, 2.05) is 6.08 Å². The first-order chi connectivity index (χ1) is 13.7. The van der Waals surface area contributed by atoms with Gasteiger partial charge in [-0.1, -0.05) is 83.1 Å². The van der Waals surface area contributed by atoms with Crippen LogP contribution in [-0.4, -0.2) is 46.7 Å². The Balaban J connectivity index is 3.05. The highest BCUT2D eigenvalue weighted by molar-refractivity contribution is 6.78. The quantitative estimate of drug-likeness (QED) is 0.338. The number of aliphatic hydroxyl groups excluding tert-OH is 1. The summed E-state index contributed by atoms with van der Waals surface area (Å²) in [7, 11) is -4.11. The predicted molar refractivity (Wildman–Crippen MR) is 133 cm³/mol. The van der Waals surface area contributed by atoms with Crippen molar-refractivity contribution < 1.29 is 18.7 Å². The molecule has 1 N–H and O–H groups in total. The Morgan fingerprint density at radius 2 is 1.13 bits per heavy atom. The van der Waals surface area contributed by atoms with Gasteiger partial charge in [-0.3, -0.25) is 0 Å². The molecule has 0 aromatic heterocycles. The smallest absolute Gasteiger partial charge is 0.201 e. The molecule has 0 fully saturated rings. The van der Waals surface area contributed by atoms with Gasteiger partial charge in [0.05, 0.1) is 19.0 Å². The van der Waals surface area contributed by atoms with Gasteiger partial charge in [-0.05, 0) is 39.3 Å². The minimum Gasteiger partial charge on any atom is -0.493 e. The molecule has 1 heterocycles. The molecule has 1 aliphatic heterocycles. The summed E-state index contributed by atoms with van der Waals surface area (Å²) in [6.07, 6.45) is 2.18. The van der Waals surface area contributed by atoms with Gasteiger partial charge in [-0.2, -0.15) is 0 Å². The molecule has 30 heavy (non-hydrogen) atoms. The van der Waals surface area contributed by atoms with E-state index < -0.39 is 22.7 Å².